The zero-order valence-electron chi connectivity index (χ0n) is 11.3. The number of amides is 1. The Morgan fingerprint density at radius 1 is 1.35 bits per heavy atom. The van der Waals surface area contributed by atoms with E-state index in [9.17, 15) is 9.59 Å². The molecule has 1 fully saturated rings. The molecule has 0 aliphatic carbocycles. The summed E-state index contributed by atoms with van der Waals surface area (Å²) in [4.78, 5) is 26.1. The molecule has 1 amide bonds. The largest absolute Gasteiger partial charge is 0.417 e. The Bertz CT molecular complexity index is 695. The van der Waals surface area contributed by atoms with Gasteiger partial charge >= 0.3 is 5.76 Å². The highest BCUT2D eigenvalue weighted by Crippen LogP contribution is 2.29. The maximum Gasteiger partial charge on any atom is 0.417 e. The number of carbonyl (C=O) groups is 1. The molecule has 0 saturated carbocycles. The minimum Gasteiger partial charge on any atom is -0.408 e. The van der Waals surface area contributed by atoms with Crippen LogP contribution in [0.3, 0.4) is 0 Å². The molecule has 2 heterocycles. The standard InChI is InChI=1S/C14H17N3O3/c1-14(4-6-15-7-5-14)12(18)16-9-2-3-11-10(8-9)17-13(19)20-11/h2-3,8,15H,4-7H2,1H3,(H,16,18)(H,17,19). The highest BCUT2D eigenvalue weighted by Gasteiger charge is 2.34. The molecule has 0 spiro atoms. The number of fused-ring (bicyclic) bond motifs is 1. The molecule has 106 valence electrons. The Hall–Kier alpha value is -2.08. The van der Waals surface area contributed by atoms with Crippen LogP contribution in [-0.2, 0) is 4.79 Å². The molecule has 2 aromatic rings. The first-order valence-corrected chi connectivity index (χ1v) is 6.72. The van der Waals surface area contributed by atoms with Crippen molar-refractivity contribution in [3.05, 3.63) is 28.7 Å². The third-order valence-electron chi connectivity index (χ3n) is 3.93. The highest BCUT2D eigenvalue weighted by molar-refractivity contribution is 5.96. The second-order valence-electron chi connectivity index (χ2n) is 5.49. The Morgan fingerprint density at radius 2 is 2.10 bits per heavy atom. The Balaban J connectivity index is 1.81. The van der Waals surface area contributed by atoms with Crippen molar-refractivity contribution in [3.8, 4) is 0 Å². The van der Waals surface area contributed by atoms with Crippen LogP contribution in [0, 0.1) is 5.41 Å². The number of anilines is 1. The number of benzene rings is 1. The van der Waals surface area contributed by atoms with Gasteiger partial charge in [-0.15, -0.1) is 0 Å². The van der Waals surface area contributed by atoms with Crippen molar-refractivity contribution < 1.29 is 9.21 Å². The van der Waals surface area contributed by atoms with Gasteiger partial charge in [0.1, 0.15) is 0 Å². The zero-order valence-corrected chi connectivity index (χ0v) is 11.3. The number of oxazole rings is 1. The zero-order chi connectivity index (χ0) is 14.2. The first kappa shape index (κ1) is 12.9. The average Bonchev–Trinajstić information content (AvgIpc) is 2.79. The molecule has 0 unspecified atom stereocenters. The Kier molecular flexibility index (Phi) is 3.10. The van der Waals surface area contributed by atoms with Crippen LogP contribution in [0.15, 0.2) is 27.4 Å². The van der Waals surface area contributed by atoms with Gasteiger partial charge in [0.25, 0.3) is 0 Å². The van der Waals surface area contributed by atoms with Crippen molar-refractivity contribution in [2.45, 2.75) is 19.8 Å². The predicted octanol–water partition coefficient (Wildman–Crippen LogP) is 1.45. The van der Waals surface area contributed by atoms with Gasteiger partial charge in [0.2, 0.25) is 5.91 Å². The van der Waals surface area contributed by atoms with E-state index >= 15 is 0 Å². The van der Waals surface area contributed by atoms with E-state index in [1.165, 1.54) is 0 Å². The van der Waals surface area contributed by atoms with E-state index in [2.05, 4.69) is 15.6 Å². The van der Waals surface area contributed by atoms with Crippen molar-refractivity contribution in [1.82, 2.24) is 10.3 Å². The molecule has 1 saturated heterocycles. The molecule has 3 N–H and O–H groups in total. The van der Waals surface area contributed by atoms with E-state index in [-0.39, 0.29) is 11.3 Å². The number of nitrogens with one attached hydrogen (secondary N) is 3. The number of rotatable bonds is 2. The SMILES string of the molecule is CC1(C(=O)Nc2ccc3oc(=O)[nH]c3c2)CCNCC1. The molecule has 6 nitrogen and oxygen atoms in total. The summed E-state index contributed by atoms with van der Waals surface area (Å²) in [5.41, 5.74) is 1.40. The minimum atomic E-state index is -0.492. The van der Waals surface area contributed by atoms with E-state index in [0.717, 1.165) is 25.9 Å². The maximum atomic E-state index is 12.4. The normalized spacial score (nSPS) is 18.1. The number of aromatic nitrogens is 1. The number of carbonyl (C=O) groups excluding carboxylic acids is 1. The topological polar surface area (TPSA) is 87.1 Å². The number of hydrogen-bond donors (Lipinski definition) is 3. The summed E-state index contributed by atoms with van der Waals surface area (Å²) in [6, 6.07) is 5.12. The van der Waals surface area contributed by atoms with Crippen LogP contribution < -0.4 is 16.4 Å². The summed E-state index contributed by atoms with van der Waals surface area (Å²) >= 11 is 0. The lowest BCUT2D eigenvalue weighted by atomic mass is 9.80. The Labute approximate surface area is 115 Å². The highest BCUT2D eigenvalue weighted by atomic mass is 16.4. The molecule has 1 aromatic carbocycles. The van der Waals surface area contributed by atoms with Crippen molar-refractivity contribution >= 4 is 22.7 Å². The second-order valence-corrected chi connectivity index (χ2v) is 5.49. The number of H-pyrrole nitrogens is 1. The maximum absolute atomic E-state index is 12.4. The third-order valence-corrected chi connectivity index (χ3v) is 3.93. The number of hydrogen-bond acceptors (Lipinski definition) is 4. The van der Waals surface area contributed by atoms with Crippen LogP contribution in [0.4, 0.5) is 5.69 Å². The first-order chi connectivity index (χ1) is 9.57. The summed E-state index contributed by atoms with van der Waals surface area (Å²) in [7, 11) is 0. The van der Waals surface area contributed by atoms with E-state index in [4.69, 9.17) is 4.42 Å². The van der Waals surface area contributed by atoms with Crippen molar-refractivity contribution in [2.24, 2.45) is 5.41 Å². The molecule has 0 bridgehead atoms. The second kappa shape index (κ2) is 4.79. The van der Waals surface area contributed by atoms with Crippen LogP contribution >= 0.6 is 0 Å². The molecular weight excluding hydrogens is 258 g/mol. The van der Waals surface area contributed by atoms with Gasteiger partial charge in [-0.05, 0) is 44.1 Å². The lowest BCUT2D eigenvalue weighted by Gasteiger charge is -2.32. The van der Waals surface area contributed by atoms with Gasteiger partial charge in [0.15, 0.2) is 5.58 Å². The van der Waals surface area contributed by atoms with Crippen molar-refractivity contribution in [3.63, 3.8) is 0 Å². The first-order valence-electron chi connectivity index (χ1n) is 6.72. The van der Waals surface area contributed by atoms with E-state index in [0.29, 0.717) is 16.8 Å². The van der Waals surface area contributed by atoms with Crippen LogP contribution in [0.25, 0.3) is 11.1 Å². The molecule has 1 aromatic heterocycles. The minimum absolute atomic E-state index is 0.0178. The van der Waals surface area contributed by atoms with Crippen molar-refractivity contribution in [1.29, 1.82) is 0 Å². The van der Waals surface area contributed by atoms with Gasteiger partial charge in [0, 0.05) is 11.1 Å². The predicted molar refractivity (Wildman–Crippen MR) is 75.7 cm³/mol. The van der Waals surface area contributed by atoms with Crippen LogP contribution in [0.1, 0.15) is 19.8 Å². The fraction of sp³-hybridized carbons (Fsp3) is 0.429. The molecule has 0 atom stereocenters. The fourth-order valence-electron chi connectivity index (χ4n) is 2.52. The lowest BCUT2D eigenvalue weighted by Crippen LogP contribution is -2.42. The third kappa shape index (κ3) is 2.34. The molecule has 20 heavy (non-hydrogen) atoms. The Morgan fingerprint density at radius 3 is 2.85 bits per heavy atom. The van der Waals surface area contributed by atoms with Gasteiger partial charge in [-0.2, -0.15) is 0 Å². The van der Waals surface area contributed by atoms with Crippen LogP contribution in [0.2, 0.25) is 0 Å². The molecular formula is C14H17N3O3. The fourth-order valence-corrected chi connectivity index (χ4v) is 2.52. The van der Waals surface area contributed by atoms with Crippen LogP contribution in [0.5, 0.6) is 0 Å². The summed E-state index contributed by atoms with van der Waals surface area (Å²) in [5.74, 6) is -0.474. The lowest BCUT2D eigenvalue weighted by molar-refractivity contribution is -0.126. The van der Waals surface area contributed by atoms with Gasteiger partial charge in [0.05, 0.1) is 5.52 Å². The van der Waals surface area contributed by atoms with Gasteiger partial charge in [-0.3, -0.25) is 9.78 Å². The molecule has 6 heteroatoms. The monoisotopic (exact) mass is 275 g/mol. The molecule has 3 rings (SSSR count). The number of aromatic amines is 1. The van der Waals surface area contributed by atoms with Gasteiger partial charge in [-0.25, -0.2) is 4.79 Å². The van der Waals surface area contributed by atoms with Gasteiger partial charge < -0.3 is 15.1 Å². The summed E-state index contributed by atoms with van der Waals surface area (Å²) < 4.78 is 4.93. The number of piperidine rings is 1. The molecule has 1 aliphatic rings. The molecule has 1 aliphatic heterocycles. The quantitative estimate of drug-likeness (QED) is 0.774. The molecule has 0 radical (unpaired) electrons. The van der Waals surface area contributed by atoms with Crippen molar-refractivity contribution in [2.75, 3.05) is 18.4 Å². The summed E-state index contributed by atoms with van der Waals surface area (Å²) in [5, 5.41) is 6.18. The van der Waals surface area contributed by atoms with E-state index in [1.807, 2.05) is 6.92 Å². The van der Waals surface area contributed by atoms with E-state index in [1.54, 1.807) is 18.2 Å². The smallest absolute Gasteiger partial charge is 0.408 e. The summed E-state index contributed by atoms with van der Waals surface area (Å²) in [6.07, 6.45) is 1.65. The summed E-state index contributed by atoms with van der Waals surface area (Å²) in [6.45, 7) is 3.71. The van der Waals surface area contributed by atoms with Crippen LogP contribution in [-0.4, -0.2) is 24.0 Å². The van der Waals surface area contributed by atoms with E-state index < -0.39 is 5.76 Å². The van der Waals surface area contributed by atoms with Gasteiger partial charge in [-0.1, -0.05) is 6.92 Å². The average molecular weight is 275 g/mol.